The molecule has 0 radical (unpaired) electrons. The lowest BCUT2D eigenvalue weighted by atomic mass is 10.1. The summed E-state index contributed by atoms with van der Waals surface area (Å²) in [5.74, 6) is -1.40. The Morgan fingerprint density at radius 1 is 1.44 bits per heavy atom. The number of anilines is 1. The number of carboxylic acids is 1. The molecule has 1 aromatic rings. The molecule has 18 heavy (non-hydrogen) atoms. The zero-order valence-corrected chi connectivity index (χ0v) is 10.1. The summed E-state index contributed by atoms with van der Waals surface area (Å²) in [5, 5.41) is 8.56. The molecule has 98 valence electrons. The molecule has 1 amide bonds. The second-order valence-corrected chi connectivity index (χ2v) is 4.03. The van der Waals surface area contributed by atoms with Crippen LogP contribution in [0.4, 0.5) is 5.69 Å². The zero-order valence-electron chi connectivity index (χ0n) is 10.1. The summed E-state index contributed by atoms with van der Waals surface area (Å²) in [5.41, 5.74) is 12.4. The fraction of sp³-hybridized carbons (Fsp3) is 0.333. The first-order chi connectivity index (χ1) is 8.49. The molecule has 1 unspecified atom stereocenters. The van der Waals surface area contributed by atoms with Gasteiger partial charge in [-0.25, -0.2) is 0 Å². The van der Waals surface area contributed by atoms with Gasteiger partial charge in [0.2, 0.25) is 5.91 Å². The van der Waals surface area contributed by atoms with Crippen LogP contribution < -0.4 is 16.6 Å². The molecule has 0 spiro atoms. The SMILES string of the molecule is Cc1cccc(NNC(=O)CCC(N)C(=O)O)c1. The molecule has 6 heteroatoms. The molecule has 0 aliphatic carbocycles. The Balaban J connectivity index is 2.31. The molecule has 0 bridgehead atoms. The van der Waals surface area contributed by atoms with Crippen molar-refractivity contribution in [1.29, 1.82) is 0 Å². The number of rotatable bonds is 6. The van der Waals surface area contributed by atoms with E-state index in [0.29, 0.717) is 0 Å². The first-order valence-corrected chi connectivity index (χ1v) is 5.59. The second-order valence-electron chi connectivity index (χ2n) is 4.03. The van der Waals surface area contributed by atoms with E-state index in [1.165, 1.54) is 0 Å². The summed E-state index contributed by atoms with van der Waals surface area (Å²) in [6.45, 7) is 1.94. The van der Waals surface area contributed by atoms with E-state index in [2.05, 4.69) is 10.9 Å². The largest absolute Gasteiger partial charge is 0.480 e. The van der Waals surface area contributed by atoms with Gasteiger partial charge < -0.3 is 10.8 Å². The predicted molar refractivity (Wildman–Crippen MR) is 67.8 cm³/mol. The van der Waals surface area contributed by atoms with E-state index in [4.69, 9.17) is 10.8 Å². The van der Waals surface area contributed by atoms with Crippen molar-refractivity contribution in [3.8, 4) is 0 Å². The number of hydrogen-bond acceptors (Lipinski definition) is 4. The molecular weight excluding hydrogens is 234 g/mol. The van der Waals surface area contributed by atoms with Gasteiger partial charge in [-0.3, -0.25) is 20.4 Å². The highest BCUT2D eigenvalue weighted by Crippen LogP contribution is 2.07. The number of benzene rings is 1. The van der Waals surface area contributed by atoms with Crippen molar-refractivity contribution in [2.24, 2.45) is 5.73 Å². The monoisotopic (exact) mass is 251 g/mol. The molecule has 1 aromatic carbocycles. The Morgan fingerprint density at radius 2 is 2.17 bits per heavy atom. The highest BCUT2D eigenvalue weighted by Gasteiger charge is 2.13. The number of aliphatic carboxylic acids is 1. The number of hydrogen-bond donors (Lipinski definition) is 4. The maximum absolute atomic E-state index is 11.4. The van der Waals surface area contributed by atoms with E-state index in [0.717, 1.165) is 11.3 Å². The molecule has 0 heterocycles. The number of carbonyl (C=O) groups is 2. The Bertz CT molecular complexity index is 434. The molecule has 6 nitrogen and oxygen atoms in total. The van der Waals surface area contributed by atoms with Crippen LogP contribution >= 0.6 is 0 Å². The van der Waals surface area contributed by atoms with Crippen molar-refractivity contribution in [3.05, 3.63) is 29.8 Å². The van der Waals surface area contributed by atoms with E-state index in [1.54, 1.807) is 0 Å². The summed E-state index contributed by atoms with van der Waals surface area (Å²) in [6, 6.07) is 6.50. The molecule has 1 rings (SSSR count). The number of aryl methyl sites for hydroxylation is 1. The van der Waals surface area contributed by atoms with Crippen LogP contribution in [-0.2, 0) is 9.59 Å². The molecule has 0 aliphatic heterocycles. The normalized spacial score (nSPS) is 11.7. The second kappa shape index (κ2) is 6.61. The van der Waals surface area contributed by atoms with Gasteiger partial charge >= 0.3 is 5.97 Å². The average Bonchev–Trinajstić information content (AvgIpc) is 2.33. The van der Waals surface area contributed by atoms with Gasteiger partial charge in [-0.2, -0.15) is 0 Å². The number of hydrazine groups is 1. The summed E-state index contributed by atoms with van der Waals surface area (Å²) in [4.78, 5) is 21.9. The number of carboxylic acid groups (broad SMARTS) is 1. The first-order valence-electron chi connectivity index (χ1n) is 5.59. The van der Waals surface area contributed by atoms with Crippen molar-refractivity contribution in [3.63, 3.8) is 0 Å². The first kappa shape index (κ1) is 14.0. The van der Waals surface area contributed by atoms with Crippen molar-refractivity contribution in [2.75, 3.05) is 5.43 Å². The number of nitrogens with two attached hydrogens (primary N) is 1. The number of nitrogens with one attached hydrogen (secondary N) is 2. The summed E-state index contributed by atoms with van der Waals surface area (Å²) < 4.78 is 0. The minimum Gasteiger partial charge on any atom is -0.480 e. The summed E-state index contributed by atoms with van der Waals surface area (Å²) in [7, 11) is 0. The summed E-state index contributed by atoms with van der Waals surface area (Å²) >= 11 is 0. The quantitative estimate of drug-likeness (QED) is 0.555. The molecule has 0 saturated heterocycles. The third kappa shape index (κ3) is 4.84. The van der Waals surface area contributed by atoms with Crippen LogP contribution in [0.3, 0.4) is 0 Å². The molecule has 0 saturated carbocycles. The van der Waals surface area contributed by atoms with Crippen LogP contribution in [0.25, 0.3) is 0 Å². The van der Waals surface area contributed by atoms with Crippen LogP contribution in [-0.4, -0.2) is 23.0 Å². The molecular formula is C12H17N3O3. The van der Waals surface area contributed by atoms with Gasteiger partial charge in [0.15, 0.2) is 0 Å². The van der Waals surface area contributed by atoms with Gasteiger partial charge in [0.25, 0.3) is 0 Å². The third-order valence-corrected chi connectivity index (χ3v) is 2.36. The van der Waals surface area contributed by atoms with Gasteiger partial charge in [0, 0.05) is 6.42 Å². The van der Waals surface area contributed by atoms with Crippen LogP contribution in [0, 0.1) is 6.92 Å². The molecule has 5 N–H and O–H groups in total. The van der Waals surface area contributed by atoms with Crippen molar-refractivity contribution in [1.82, 2.24) is 5.43 Å². The smallest absolute Gasteiger partial charge is 0.320 e. The molecule has 0 aliphatic rings. The summed E-state index contributed by atoms with van der Waals surface area (Å²) in [6.07, 6.45) is 0.170. The van der Waals surface area contributed by atoms with Gasteiger partial charge in [-0.05, 0) is 31.0 Å². The highest BCUT2D eigenvalue weighted by atomic mass is 16.4. The van der Waals surface area contributed by atoms with Crippen LogP contribution in [0.1, 0.15) is 18.4 Å². The average molecular weight is 251 g/mol. The predicted octanol–water partition coefficient (Wildman–Crippen LogP) is 0.630. The van der Waals surface area contributed by atoms with E-state index in [-0.39, 0.29) is 18.7 Å². The maximum Gasteiger partial charge on any atom is 0.320 e. The van der Waals surface area contributed by atoms with Crippen LogP contribution in [0.15, 0.2) is 24.3 Å². The minimum atomic E-state index is -1.10. The van der Waals surface area contributed by atoms with Gasteiger partial charge in [-0.1, -0.05) is 12.1 Å². The van der Waals surface area contributed by atoms with Crippen molar-refractivity contribution >= 4 is 17.6 Å². The van der Waals surface area contributed by atoms with Crippen LogP contribution in [0.5, 0.6) is 0 Å². The van der Waals surface area contributed by atoms with Gasteiger partial charge in [0.1, 0.15) is 6.04 Å². The van der Waals surface area contributed by atoms with Crippen molar-refractivity contribution in [2.45, 2.75) is 25.8 Å². The Hall–Kier alpha value is -2.08. The lowest BCUT2D eigenvalue weighted by Gasteiger charge is -2.10. The fourth-order valence-corrected chi connectivity index (χ4v) is 1.34. The minimum absolute atomic E-state index is 0.0618. The van der Waals surface area contributed by atoms with Crippen molar-refractivity contribution < 1.29 is 14.7 Å². The van der Waals surface area contributed by atoms with Gasteiger partial charge in [0.05, 0.1) is 5.69 Å². The van der Waals surface area contributed by atoms with Gasteiger partial charge in [-0.15, -0.1) is 0 Å². The van der Waals surface area contributed by atoms with E-state index < -0.39 is 12.0 Å². The number of carbonyl (C=O) groups excluding carboxylic acids is 1. The third-order valence-electron chi connectivity index (χ3n) is 2.36. The standard InChI is InChI=1S/C12H17N3O3/c1-8-3-2-4-9(7-8)14-15-11(16)6-5-10(13)12(17)18/h2-4,7,10,14H,5-6,13H2,1H3,(H,15,16)(H,17,18). The van der Waals surface area contributed by atoms with E-state index in [1.807, 2.05) is 31.2 Å². The fourth-order valence-electron chi connectivity index (χ4n) is 1.34. The zero-order chi connectivity index (χ0) is 13.5. The molecule has 1 atom stereocenters. The lowest BCUT2D eigenvalue weighted by Crippen LogP contribution is -2.34. The maximum atomic E-state index is 11.4. The van der Waals surface area contributed by atoms with E-state index >= 15 is 0 Å². The van der Waals surface area contributed by atoms with E-state index in [9.17, 15) is 9.59 Å². The Labute approximate surface area is 105 Å². The lowest BCUT2D eigenvalue weighted by molar-refractivity contribution is -0.138. The Kier molecular flexibility index (Phi) is 5.13. The molecule has 0 aromatic heterocycles. The highest BCUT2D eigenvalue weighted by molar-refractivity contribution is 5.79. The Morgan fingerprint density at radius 3 is 2.78 bits per heavy atom. The van der Waals surface area contributed by atoms with Crippen LogP contribution in [0.2, 0.25) is 0 Å². The molecule has 0 fully saturated rings. The number of amides is 1. The topological polar surface area (TPSA) is 104 Å².